The Balaban J connectivity index is 1.53. The molecule has 7 N–H and O–H groups in total. The number of alkyl carbamates (subject to hydrolysis) is 1. The Morgan fingerprint density at radius 3 is 1.77 bits per heavy atom. The number of carbonyl (C=O) groups is 6. The zero-order valence-corrected chi connectivity index (χ0v) is 25.1. The van der Waals surface area contributed by atoms with Gasteiger partial charge in [-0.25, -0.2) is 9.59 Å². The smallest absolute Gasteiger partial charge is 0.407 e. The summed E-state index contributed by atoms with van der Waals surface area (Å²) >= 11 is 0. The van der Waals surface area contributed by atoms with Crippen LogP contribution in [0.1, 0.15) is 57.6 Å². The standard InChI is InChI=1S/C31H39N5O8/c1-16(2)13-25(30(41)42)36-29(40)24(14-26(32)37)35-28(39)17(3)33-27(38)18(4)34-31(43)44-15-23-21-11-7-5-9-19(21)20-10-6-8-12-22(20)23/h5-12,16-18,23-25H,13-15H2,1-4H3,(H2,32,37)(H,33,38)(H,34,43)(H,35,39)(H,36,40)(H,41,42)/t17-,18-,24-,25-/m0/s1. The Kier molecular flexibility index (Phi) is 11.4. The predicted octanol–water partition coefficient (Wildman–Crippen LogP) is 1.39. The first kappa shape index (κ1) is 33.6. The second-order valence-corrected chi connectivity index (χ2v) is 11.2. The summed E-state index contributed by atoms with van der Waals surface area (Å²) in [5, 5.41) is 18.9. The molecule has 0 bridgehead atoms. The van der Waals surface area contributed by atoms with Crippen molar-refractivity contribution in [2.45, 2.75) is 70.6 Å². The van der Waals surface area contributed by atoms with Crippen LogP contribution in [0.4, 0.5) is 4.79 Å². The summed E-state index contributed by atoms with van der Waals surface area (Å²) in [6.07, 6.45) is -1.29. The maximum atomic E-state index is 12.8. The Bertz CT molecular complexity index is 1370. The lowest BCUT2D eigenvalue weighted by Gasteiger charge is -2.24. The number of amides is 5. The fraction of sp³-hybridized carbons (Fsp3) is 0.419. The van der Waals surface area contributed by atoms with E-state index in [4.69, 9.17) is 10.5 Å². The predicted molar refractivity (Wildman–Crippen MR) is 160 cm³/mol. The summed E-state index contributed by atoms with van der Waals surface area (Å²) < 4.78 is 5.46. The van der Waals surface area contributed by atoms with E-state index in [-0.39, 0.29) is 24.9 Å². The van der Waals surface area contributed by atoms with Crippen LogP contribution in [0.25, 0.3) is 11.1 Å². The molecule has 2 aromatic carbocycles. The molecule has 0 aromatic heterocycles. The van der Waals surface area contributed by atoms with Gasteiger partial charge >= 0.3 is 12.1 Å². The molecule has 13 heteroatoms. The maximum absolute atomic E-state index is 12.8. The van der Waals surface area contributed by atoms with Crippen LogP contribution >= 0.6 is 0 Å². The minimum Gasteiger partial charge on any atom is -0.480 e. The first-order valence-electron chi connectivity index (χ1n) is 14.3. The highest BCUT2D eigenvalue weighted by atomic mass is 16.5. The van der Waals surface area contributed by atoms with Crippen molar-refractivity contribution in [3.63, 3.8) is 0 Å². The summed E-state index contributed by atoms with van der Waals surface area (Å²) in [6, 6.07) is 10.7. The molecular formula is C31H39N5O8. The summed E-state index contributed by atoms with van der Waals surface area (Å²) in [5.41, 5.74) is 9.44. The number of rotatable bonds is 14. The van der Waals surface area contributed by atoms with Crippen molar-refractivity contribution in [2.75, 3.05) is 6.61 Å². The molecule has 4 atom stereocenters. The van der Waals surface area contributed by atoms with Crippen LogP contribution in [0.5, 0.6) is 0 Å². The number of primary amides is 1. The van der Waals surface area contributed by atoms with Gasteiger partial charge in [0.1, 0.15) is 30.8 Å². The van der Waals surface area contributed by atoms with Crippen LogP contribution in [0.2, 0.25) is 0 Å². The lowest BCUT2D eigenvalue weighted by atomic mass is 9.98. The van der Waals surface area contributed by atoms with E-state index in [1.165, 1.54) is 13.8 Å². The second kappa shape index (κ2) is 15.0. The largest absolute Gasteiger partial charge is 0.480 e. The maximum Gasteiger partial charge on any atom is 0.407 e. The fourth-order valence-electron chi connectivity index (χ4n) is 4.96. The van der Waals surface area contributed by atoms with Gasteiger partial charge in [0.05, 0.1) is 6.42 Å². The molecule has 2 aromatic rings. The molecule has 236 valence electrons. The van der Waals surface area contributed by atoms with Gasteiger partial charge in [-0.15, -0.1) is 0 Å². The third-order valence-corrected chi connectivity index (χ3v) is 7.18. The third-order valence-electron chi connectivity index (χ3n) is 7.18. The molecule has 44 heavy (non-hydrogen) atoms. The van der Waals surface area contributed by atoms with E-state index in [0.29, 0.717) is 0 Å². The molecule has 0 saturated heterocycles. The van der Waals surface area contributed by atoms with Gasteiger partial charge in [-0.3, -0.25) is 19.2 Å². The van der Waals surface area contributed by atoms with Crippen LogP contribution in [0, 0.1) is 5.92 Å². The number of carboxylic acids is 1. The van der Waals surface area contributed by atoms with Gasteiger partial charge < -0.3 is 36.8 Å². The fourth-order valence-corrected chi connectivity index (χ4v) is 4.96. The Morgan fingerprint density at radius 1 is 0.750 bits per heavy atom. The minimum absolute atomic E-state index is 0.0518. The van der Waals surface area contributed by atoms with Crippen molar-refractivity contribution in [1.29, 1.82) is 0 Å². The Labute approximate surface area is 255 Å². The normalized spacial score (nSPS) is 14.7. The van der Waals surface area contributed by atoms with Gasteiger partial charge in [0.15, 0.2) is 0 Å². The molecule has 13 nitrogen and oxygen atoms in total. The van der Waals surface area contributed by atoms with Gasteiger partial charge in [0.25, 0.3) is 0 Å². The van der Waals surface area contributed by atoms with Gasteiger partial charge in [-0.2, -0.15) is 0 Å². The van der Waals surface area contributed by atoms with E-state index in [1.54, 1.807) is 13.8 Å². The van der Waals surface area contributed by atoms with Crippen LogP contribution in [-0.4, -0.2) is 71.6 Å². The number of hydrogen-bond donors (Lipinski definition) is 6. The number of nitrogens with two attached hydrogens (primary N) is 1. The number of fused-ring (bicyclic) bond motifs is 3. The van der Waals surface area contributed by atoms with Gasteiger partial charge in [0.2, 0.25) is 23.6 Å². The summed E-state index contributed by atoms with van der Waals surface area (Å²) in [5.74, 6) is -4.84. The highest BCUT2D eigenvalue weighted by molar-refractivity contribution is 5.96. The minimum atomic E-state index is -1.47. The average Bonchev–Trinajstić information content (AvgIpc) is 3.28. The molecule has 3 rings (SSSR count). The van der Waals surface area contributed by atoms with Gasteiger partial charge in [-0.1, -0.05) is 62.4 Å². The van der Waals surface area contributed by atoms with Crippen molar-refractivity contribution in [2.24, 2.45) is 11.7 Å². The number of carboxylic acid groups (broad SMARTS) is 1. The highest BCUT2D eigenvalue weighted by Crippen LogP contribution is 2.44. The molecule has 0 saturated carbocycles. The van der Waals surface area contributed by atoms with Gasteiger partial charge in [0, 0.05) is 5.92 Å². The molecule has 5 amide bonds. The summed E-state index contributed by atoms with van der Waals surface area (Å²) in [6.45, 7) is 6.35. The number of hydrogen-bond acceptors (Lipinski definition) is 7. The monoisotopic (exact) mass is 609 g/mol. The van der Waals surface area contributed by atoms with E-state index in [0.717, 1.165) is 22.3 Å². The zero-order chi connectivity index (χ0) is 32.6. The van der Waals surface area contributed by atoms with Crippen LogP contribution in [0.15, 0.2) is 48.5 Å². The van der Waals surface area contributed by atoms with E-state index >= 15 is 0 Å². The van der Waals surface area contributed by atoms with E-state index in [1.807, 2.05) is 48.5 Å². The van der Waals surface area contributed by atoms with Crippen molar-refractivity contribution in [3.05, 3.63) is 59.7 Å². The zero-order valence-electron chi connectivity index (χ0n) is 25.1. The van der Waals surface area contributed by atoms with Crippen molar-refractivity contribution < 1.29 is 38.6 Å². The van der Waals surface area contributed by atoms with Crippen LogP contribution in [0.3, 0.4) is 0 Å². The molecule has 0 aliphatic heterocycles. The van der Waals surface area contributed by atoms with Crippen molar-refractivity contribution >= 4 is 35.7 Å². The van der Waals surface area contributed by atoms with Gasteiger partial charge in [-0.05, 0) is 48.4 Å². The molecule has 0 radical (unpaired) electrons. The summed E-state index contributed by atoms with van der Waals surface area (Å²) in [4.78, 5) is 73.9. The molecule has 0 fully saturated rings. The van der Waals surface area contributed by atoms with Crippen molar-refractivity contribution in [1.82, 2.24) is 21.3 Å². The lowest BCUT2D eigenvalue weighted by molar-refractivity contribution is -0.143. The Hall–Kier alpha value is -4.94. The summed E-state index contributed by atoms with van der Waals surface area (Å²) in [7, 11) is 0. The topological polar surface area (TPSA) is 206 Å². The van der Waals surface area contributed by atoms with Crippen LogP contribution < -0.4 is 27.0 Å². The Morgan fingerprint density at radius 2 is 1.25 bits per heavy atom. The number of nitrogens with one attached hydrogen (secondary N) is 4. The highest BCUT2D eigenvalue weighted by Gasteiger charge is 2.31. The molecule has 0 heterocycles. The second-order valence-electron chi connectivity index (χ2n) is 11.2. The first-order chi connectivity index (χ1) is 20.8. The van der Waals surface area contributed by atoms with Crippen molar-refractivity contribution in [3.8, 4) is 11.1 Å². The number of ether oxygens (including phenoxy) is 1. The van der Waals surface area contributed by atoms with E-state index in [9.17, 15) is 33.9 Å². The third kappa shape index (κ3) is 8.79. The number of benzene rings is 2. The number of carbonyl (C=O) groups excluding carboxylic acids is 5. The van der Waals surface area contributed by atoms with E-state index < -0.39 is 66.3 Å². The first-order valence-corrected chi connectivity index (χ1v) is 14.3. The SMILES string of the molecule is CC(C)C[C@H](NC(=O)[C@H](CC(N)=O)NC(=O)[C@H](C)NC(=O)[C@H](C)NC(=O)OCC1c2ccccc2-c2ccccc21)C(=O)O. The average molecular weight is 610 g/mol. The molecule has 1 aliphatic carbocycles. The quantitative estimate of drug-likeness (QED) is 0.184. The molecule has 0 spiro atoms. The van der Waals surface area contributed by atoms with E-state index in [2.05, 4.69) is 21.3 Å². The van der Waals surface area contributed by atoms with Crippen LogP contribution in [-0.2, 0) is 28.7 Å². The lowest BCUT2D eigenvalue weighted by Crippen LogP contribution is -2.57. The molecular weight excluding hydrogens is 570 g/mol. The molecule has 0 unspecified atom stereocenters. The molecule has 1 aliphatic rings. The number of aliphatic carboxylic acids is 1.